The predicted molar refractivity (Wildman–Crippen MR) is 117 cm³/mol. The van der Waals surface area contributed by atoms with Crippen LogP contribution in [0.5, 0.6) is 5.75 Å². The number of aromatic hydroxyl groups is 1. The molecule has 2 aliphatic heterocycles. The lowest BCUT2D eigenvalue weighted by Gasteiger charge is -2.46. The average Bonchev–Trinajstić information content (AvgIpc) is 3.31. The molecule has 32 heavy (non-hydrogen) atoms. The molecule has 2 aromatic heterocycles. The molecule has 0 saturated carbocycles. The van der Waals surface area contributed by atoms with Crippen LogP contribution >= 0.6 is 0 Å². The molecule has 4 heterocycles. The van der Waals surface area contributed by atoms with Gasteiger partial charge in [0, 0.05) is 37.0 Å². The molecular weight excluding hydrogens is 409 g/mol. The Kier molecular flexibility index (Phi) is 5.23. The standard InChI is InChI=1S/C23H24FN7O/c1-30(20-9-14-3-2-4-19(27-14)23(20)24)22-8-7-18(28-29-22)17-6-5-16(10-21(17)32)31-12-15(11-25)26-13-31/h5-8,10,12-14,19-20,23,27,32H,2-4,9H2,1H3/t14-,19+,20+,23-/m0/s1. The molecule has 164 valence electrons. The first kappa shape index (κ1) is 20.4. The van der Waals surface area contributed by atoms with Gasteiger partial charge in [0.2, 0.25) is 0 Å². The van der Waals surface area contributed by atoms with E-state index in [0.717, 1.165) is 25.7 Å². The second-order valence-corrected chi connectivity index (χ2v) is 8.52. The van der Waals surface area contributed by atoms with Crippen LogP contribution < -0.4 is 10.2 Å². The van der Waals surface area contributed by atoms with Crippen LogP contribution in [0, 0.1) is 11.3 Å². The van der Waals surface area contributed by atoms with Gasteiger partial charge in [0.15, 0.2) is 11.5 Å². The van der Waals surface area contributed by atoms with E-state index in [4.69, 9.17) is 5.26 Å². The Labute approximate surface area is 185 Å². The number of halogens is 1. The van der Waals surface area contributed by atoms with E-state index in [2.05, 4.69) is 20.5 Å². The Morgan fingerprint density at radius 3 is 2.84 bits per heavy atom. The van der Waals surface area contributed by atoms with Crippen molar-refractivity contribution in [3.05, 3.63) is 48.5 Å². The number of nitriles is 1. The van der Waals surface area contributed by atoms with E-state index in [9.17, 15) is 5.11 Å². The van der Waals surface area contributed by atoms with E-state index in [1.54, 1.807) is 35.0 Å². The van der Waals surface area contributed by atoms with Crippen molar-refractivity contribution >= 4 is 5.82 Å². The Balaban J connectivity index is 1.35. The summed E-state index contributed by atoms with van der Waals surface area (Å²) in [5, 5.41) is 31.5. The first-order valence-corrected chi connectivity index (χ1v) is 10.8. The van der Waals surface area contributed by atoms with E-state index < -0.39 is 6.17 Å². The van der Waals surface area contributed by atoms with Gasteiger partial charge in [-0.1, -0.05) is 6.42 Å². The smallest absolute Gasteiger partial charge is 0.158 e. The number of alkyl halides is 1. The highest BCUT2D eigenvalue weighted by atomic mass is 19.1. The highest BCUT2D eigenvalue weighted by Gasteiger charge is 2.41. The van der Waals surface area contributed by atoms with Crippen LogP contribution in [0.2, 0.25) is 0 Å². The van der Waals surface area contributed by atoms with Crippen molar-refractivity contribution < 1.29 is 9.50 Å². The second-order valence-electron chi connectivity index (χ2n) is 8.52. The van der Waals surface area contributed by atoms with Crippen LogP contribution in [-0.2, 0) is 0 Å². The summed E-state index contributed by atoms with van der Waals surface area (Å²) in [5.41, 5.74) is 2.03. The predicted octanol–water partition coefficient (Wildman–Crippen LogP) is 2.96. The van der Waals surface area contributed by atoms with E-state index in [-0.39, 0.29) is 17.8 Å². The molecule has 2 aliphatic rings. The number of hydrogen-bond acceptors (Lipinski definition) is 7. The fourth-order valence-electron chi connectivity index (χ4n) is 4.80. The molecule has 0 amide bonds. The highest BCUT2D eigenvalue weighted by Crippen LogP contribution is 2.33. The summed E-state index contributed by atoms with van der Waals surface area (Å²) < 4.78 is 16.7. The van der Waals surface area contributed by atoms with E-state index in [1.165, 1.54) is 6.33 Å². The number of anilines is 1. The molecule has 1 aromatic carbocycles. The first-order valence-electron chi connectivity index (χ1n) is 10.8. The Morgan fingerprint density at radius 2 is 2.12 bits per heavy atom. The quantitative estimate of drug-likeness (QED) is 0.652. The molecule has 2 saturated heterocycles. The zero-order valence-corrected chi connectivity index (χ0v) is 17.7. The number of nitrogens with zero attached hydrogens (tertiary/aromatic N) is 6. The van der Waals surface area contributed by atoms with E-state index in [1.807, 2.05) is 24.1 Å². The van der Waals surface area contributed by atoms with Crippen molar-refractivity contribution in [2.45, 2.75) is 50.0 Å². The van der Waals surface area contributed by atoms with Crippen LogP contribution in [0.25, 0.3) is 16.9 Å². The van der Waals surface area contributed by atoms with Gasteiger partial charge < -0.3 is 19.9 Å². The van der Waals surface area contributed by atoms with E-state index in [0.29, 0.717) is 34.5 Å². The number of rotatable bonds is 4. The van der Waals surface area contributed by atoms with Crippen LogP contribution in [0.15, 0.2) is 42.9 Å². The van der Waals surface area contributed by atoms with Crippen molar-refractivity contribution in [1.82, 2.24) is 25.1 Å². The lowest BCUT2D eigenvalue weighted by atomic mass is 9.82. The minimum atomic E-state index is -0.945. The van der Waals surface area contributed by atoms with Gasteiger partial charge in [-0.2, -0.15) is 5.26 Å². The zero-order chi connectivity index (χ0) is 22.2. The van der Waals surface area contributed by atoms with E-state index >= 15 is 4.39 Å². The number of hydrogen-bond donors (Lipinski definition) is 2. The Morgan fingerprint density at radius 1 is 1.25 bits per heavy atom. The van der Waals surface area contributed by atoms with Crippen LogP contribution in [0.1, 0.15) is 31.4 Å². The molecule has 0 unspecified atom stereocenters. The molecule has 0 spiro atoms. The molecular formula is C23H24FN7O. The first-order chi connectivity index (χ1) is 15.5. The largest absolute Gasteiger partial charge is 0.507 e. The maximum absolute atomic E-state index is 15.0. The summed E-state index contributed by atoms with van der Waals surface area (Å²) >= 11 is 0. The number of aromatic nitrogens is 4. The van der Waals surface area contributed by atoms with Gasteiger partial charge in [0.1, 0.15) is 24.3 Å². The van der Waals surface area contributed by atoms with Crippen LogP contribution in [0.4, 0.5) is 10.2 Å². The second kappa shape index (κ2) is 8.20. The van der Waals surface area contributed by atoms with Gasteiger partial charge in [0.05, 0.1) is 17.4 Å². The normalized spacial score (nSPS) is 24.7. The van der Waals surface area contributed by atoms with Crippen molar-refractivity contribution in [2.75, 3.05) is 11.9 Å². The van der Waals surface area contributed by atoms with Crippen LogP contribution in [0.3, 0.4) is 0 Å². The van der Waals surface area contributed by atoms with Crippen molar-refractivity contribution in [3.63, 3.8) is 0 Å². The van der Waals surface area contributed by atoms with Crippen LogP contribution in [-0.4, -0.2) is 56.2 Å². The third-order valence-electron chi connectivity index (χ3n) is 6.56. The third-order valence-corrected chi connectivity index (χ3v) is 6.56. The summed E-state index contributed by atoms with van der Waals surface area (Å²) in [5.74, 6) is 0.653. The summed E-state index contributed by atoms with van der Waals surface area (Å²) in [4.78, 5) is 5.86. The lowest BCUT2D eigenvalue weighted by molar-refractivity contribution is 0.107. The fourth-order valence-corrected chi connectivity index (χ4v) is 4.80. The molecule has 9 heteroatoms. The number of piperidine rings is 2. The average molecular weight is 433 g/mol. The highest BCUT2D eigenvalue weighted by molar-refractivity contribution is 5.69. The van der Waals surface area contributed by atoms with Gasteiger partial charge in [-0.15, -0.1) is 10.2 Å². The number of benzene rings is 1. The molecule has 2 bridgehead atoms. The summed E-state index contributed by atoms with van der Waals surface area (Å²) in [7, 11) is 1.87. The van der Waals surface area contributed by atoms with Gasteiger partial charge in [-0.3, -0.25) is 0 Å². The minimum Gasteiger partial charge on any atom is -0.507 e. The number of imidazole rings is 1. The van der Waals surface area contributed by atoms with Crippen molar-refractivity contribution in [2.24, 2.45) is 0 Å². The zero-order valence-electron chi connectivity index (χ0n) is 17.7. The van der Waals surface area contributed by atoms with Crippen molar-refractivity contribution in [3.8, 4) is 28.8 Å². The molecule has 4 atom stereocenters. The third kappa shape index (κ3) is 3.67. The van der Waals surface area contributed by atoms with Gasteiger partial charge in [-0.05, 0) is 43.5 Å². The Bertz CT molecular complexity index is 1160. The van der Waals surface area contributed by atoms with Gasteiger partial charge in [0.25, 0.3) is 0 Å². The Hall–Kier alpha value is -3.51. The molecule has 2 fully saturated rings. The molecule has 5 rings (SSSR count). The summed E-state index contributed by atoms with van der Waals surface area (Å²) in [6.45, 7) is 0. The monoisotopic (exact) mass is 433 g/mol. The maximum atomic E-state index is 15.0. The number of nitrogens with one attached hydrogen (secondary N) is 1. The van der Waals surface area contributed by atoms with Gasteiger partial charge >= 0.3 is 0 Å². The maximum Gasteiger partial charge on any atom is 0.158 e. The SMILES string of the molecule is CN(c1ccc(-c2ccc(-n3cnc(C#N)c3)cc2O)nn1)[C@@H]1C[C@@H]2CCC[C@@H](N2)[C@@H]1F. The minimum absolute atomic E-state index is 0.0418. The molecule has 8 nitrogen and oxygen atoms in total. The molecule has 3 aromatic rings. The number of fused-ring (bicyclic) bond motifs is 2. The van der Waals surface area contributed by atoms with Gasteiger partial charge in [-0.25, -0.2) is 9.37 Å². The van der Waals surface area contributed by atoms with Crippen molar-refractivity contribution in [1.29, 1.82) is 5.26 Å². The fraction of sp³-hybridized carbons (Fsp3) is 0.391. The molecule has 2 N–H and O–H groups in total. The summed E-state index contributed by atoms with van der Waals surface area (Å²) in [6.07, 6.45) is 5.96. The molecule has 0 aliphatic carbocycles. The number of phenolic OH excluding ortho intramolecular Hbond substituents is 1. The molecule has 0 radical (unpaired) electrons. The lowest BCUT2D eigenvalue weighted by Crippen LogP contribution is -2.61. The summed E-state index contributed by atoms with van der Waals surface area (Å²) in [6, 6.07) is 10.8. The topological polar surface area (TPSA) is 103 Å². The number of phenols is 1.